The molecule has 1 aromatic carbocycles. The molecular formula is C17H23NO2. The molecule has 2 aliphatic rings. The van der Waals surface area contributed by atoms with Crippen molar-refractivity contribution in [1.29, 1.82) is 0 Å². The Morgan fingerprint density at radius 3 is 2.80 bits per heavy atom. The Labute approximate surface area is 120 Å². The molecule has 2 fully saturated rings. The number of aromatic hydroxyl groups is 1. The molecule has 1 amide bonds. The molecule has 1 aromatic rings. The van der Waals surface area contributed by atoms with E-state index < -0.39 is 0 Å². The third kappa shape index (κ3) is 2.41. The molecule has 0 radical (unpaired) electrons. The average Bonchev–Trinajstić information content (AvgIpc) is 3.03. The van der Waals surface area contributed by atoms with Crippen molar-refractivity contribution in [2.75, 3.05) is 0 Å². The lowest BCUT2D eigenvalue weighted by molar-refractivity contribution is 0.0912. The van der Waals surface area contributed by atoms with E-state index in [1.54, 1.807) is 12.1 Å². The van der Waals surface area contributed by atoms with Crippen molar-refractivity contribution >= 4 is 5.91 Å². The molecule has 0 aliphatic heterocycles. The highest BCUT2D eigenvalue weighted by Gasteiger charge is 2.42. The van der Waals surface area contributed by atoms with E-state index in [2.05, 4.69) is 12.2 Å². The second-order valence-electron chi connectivity index (χ2n) is 6.62. The molecule has 4 atom stereocenters. The number of phenols is 1. The van der Waals surface area contributed by atoms with Crippen molar-refractivity contribution in [3.8, 4) is 5.75 Å². The van der Waals surface area contributed by atoms with E-state index in [-0.39, 0.29) is 17.7 Å². The second-order valence-corrected chi connectivity index (χ2v) is 6.62. The SMILES string of the molecule is Cc1ccc(O)c(C(=O)NC(C)C2CC3CCC2C3)c1. The summed E-state index contributed by atoms with van der Waals surface area (Å²) in [7, 11) is 0. The lowest BCUT2D eigenvalue weighted by Gasteiger charge is -2.28. The van der Waals surface area contributed by atoms with Crippen molar-refractivity contribution < 1.29 is 9.90 Å². The zero-order valence-electron chi connectivity index (χ0n) is 12.2. The fourth-order valence-electron chi connectivity index (χ4n) is 4.13. The van der Waals surface area contributed by atoms with Crippen LogP contribution >= 0.6 is 0 Å². The summed E-state index contributed by atoms with van der Waals surface area (Å²) in [4.78, 5) is 12.3. The van der Waals surface area contributed by atoms with Gasteiger partial charge in [-0.3, -0.25) is 4.79 Å². The molecule has 0 heterocycles. The number of hydrogen-bond acceptors (Lipinski definition) is 2. The summed E-state index contributed by atoms with van der Waals surface area (Å²) in [6.07, 6.45) is 5.30. The molecule has 2 bridgehead atoms. The predicted octanol–water partition coefficient (Wildman–Crippen LogP) is 3.26. The third-order valence-electron chi connectivity index (χ3n) is 5.19. The minimum atomic E-state index is -0.151. The maximum absolute atomic E-state index is 12.3. The molecule has 3 heteroatoms. The molecule has 4 unspecified atom stereocenters. The van der Waals surface area contributed by atoms with Crippen LogP contribution in [0.1, 0.15) is 48.5 Å². The summed E-state index contributed by atoms with van der Waals surface area (Å²) < 4.78 is 0. The Bertz CT molecular complexity index is 526. The molecule has 20 heavy (non-hydrogen) atoms. The van der Waals surface area contributed by atoms with Gasteiger partial charge < -0.3 is 10.4 Å². The van der Waals surface area contributed by atoms with Crippen LogP contribution in [0.2, 0.25) is 0 Å². The number of hydrogen-bond donors (Lipinski definition) is 2. The van der Waals surface area contributed by atoms with Crippen LogP contribution in [0.5, 0.6) is 5.75 Å². The Morgan fingerprint density at radius 1 is 1.35 bits per heavy atom. The van der Waals surface area contributed by atoms with E-state index in [1.165, 1.54) is 25.7 Å². The summed E-state index contributed by atoms with van der Waals surface area (Å²) in [6.45, 7) is 4.03. The Morgan fingerprint density at radius 2 is 2.15 bits per heavy atom. The maximum atomic E-state index is 12.3. The Balaban J connectivity index is 1.68. The number of aryl methyl sites for hydroxylation is 1. The average molecular weight is 273 g/mol. The summed E-state index contributed by atoms with van der Waals surface area (Å²) in [5.74, 6) is 2.21. The van der Waals surface area contributed by atoms with Gasteiger partial charge in [-0.05, 0) is 63.0 Å². The van der Waals surface area contributed by atoms with E-state index >= 15 is 0 Å². The second kappa shape index (κ2) is 5.12. The Hall–Kier alpha value is -1.51. The summed E-state index contributed by atoms with van der Waals surface area (Å²) in [5, 5.41) is 12.9. The van der Waals surface area contributed by atoms with Crippen molar-refractivity contribution in [2.24, 2.45) is 17.8 Å². The van der Waals surface area contributed by atoms with Gasteiger partial charge in [0.25, 0.3) is 5.91 Å². The molecular weight excluding hydrogens is 250 g/mol. The van der Waals surface area contributed by atoms with Crippen molar-refractivity contribution in [1.82, 2.24) is 5.32 Å². The molecule has 108 valence electrons. The molecule has 3 nitrogen and oxygen atoms in total. The third-order valence-corrected chi connectivity index (χ3v) is 5.19. The van der Waals surface area contributed by atoms with Gasteiger partial charge >= 0.3 is 0 Å². The topological polar surface area (TPSA) is 49.3 Å². The van der Waals surface area contributed by atoms with Crippen LogP contribution in [0.15, 0.2) is 18.2 Å². The minimum absolute atomic E-state index is 0.0632. The number of benzene rings is 1. The first-order valence-corrected chi connectivity index (χ1v) is 7.65. The summed E-state index contributed by atoms with van der Waals surface area (Å²) in [5.41, 5.74) is 1.38. The van der Waals surface area contributed by atoms with Gasteiger partial charge in [0.1, 0.15) is 5.75 Å². The normalized spacial score (nSPS) is 29.4. The lowest BCUT2D eigenvalue weighted by atomic mass is 9.84. The number of phenolic OH excluding ortho intramolecular Hbond substituents is 1. The van der Waals surface area contributed by atoms with Gasteiger partial charge in [-0.2, -0.15) is 0 Å². The van der Waals surface area contributed by atoms with E-state index in [9.17, 15) is 9.90 Å². The quantitative estimate of drug-likeness (QED) is 0.888. The number of amides is 1. The molecule has 0 aromatic heterocycles. The first-order chi connectivity index (χ1) is 9.54. The number of carbonyl (C=O) groups is 1. The molecule has 0 saturated heterocycles. The fraction of sp³-hybridized carbons (Fsp3) is 0.588. The maximum Gasteiger partial charge on any atom is 0.255 e. The van der Waals surface area contributed by atoms with Crippen LogP contribution in [0.25, 0.3) is 0 Å². The molecule has 2 aliphatic carbocycles. The standard InChI is InChI=1S/C17H23NO2/c1-10-3-6-16(19)15(7-10)17(20)18-11(2)14-9-12-4-5-13(14)8-12/h3,6-7,11-14,19H,4-5,8-9H2,1-2H3,(H,18,20). The number of rotatable bonds is 3. The van der Waals surface area contributed by atoms with Crippen molar-refractivity contribution in [2.45, 2.75) is 45.6 Å². The monoisotopic (exact) mass is 273 g/mol. The van der Waals surface area contributed by atoms with Gasteiger partial charge in [0, 0.05) is 6.04 Å². The van der Waals surface area contributed by atoms with E-state index in [0.717, 1.165) is 17.4 Å². The summed E-state index contributed by atoms with van der Waals surface area (Å²) in [6, 6.07) is 5.34. The van der Waals surface area contributed by atoms with Gasteiger partial charge in [0.2, 0.25) is 0 Å². The van der Waals surface area contributed by atoms with Crippen molar-refractivity contribution in [3.05, 3.63) is 29.3 Å². The highest BCUT2D eigenvalue weighted by molar-refractivity contribution is 5.97. The fourth-order valence-corrected chi connectivity index (χ4v) is 4.13. The van der Waals surface area contributed by atoms with Crippen LogP contribution < -0.4 is 5.32 Å². The van der Waals surface area contributed by atoms with Crippen LogP contribution in [0.3, 0.4) is 0 Å². The van der Waals surface area contributed by atoms with E-state index in [0.29, 0.717) is 11.5 Å². The van der Waals surface area contributed by atoms with Crippen LogP contribution in [-0.4, -0.2) is 17.1 Å². The first kappa shape index (κ1) is 13.5. The lowest BCUT2D eigenvalue weighted by Crippen LogP contribution is -2.40. The van der Waals surface area contributed by atoms with Gasteiger partial charge in [0.15, 0.2) is 0 Å². The Kier molecular flexibility index (Phi) is 3.45. The first-order valence-electron chi connectivity index (χ1n) is 7.65. The van der Waals surface area contributed by atoms with Crippen LogP contribution in [0, 0.1) is 24.7 Å². The van der Waals surface area contributed by atoms with Gasteiger partial charge in [0.05, 0.1) is 5.56 Å². The van der Waals surface area contributed by atoms with E-state index in [4.69, 9.17) is 0 Å². The predicted molar refractivity (Wildman–Crippen MR) is 78.7 cm³/mol. The van der Waals surface area contributed by atoms with Gasteiger partial charge in [-0.25, -0.2) is 0 Å². The molecule has 0 spiro atoms. The van der Waals surface area contributed by atoms with Gasteiger partial charge in [-0.1, -0.05) is 18.1 Å². The minimum Gasteiger partial charge on any atom is -0.507 e. The number of carbonyl (C=O) groups excluding carboxylic acids is 1. The largest absolute Gasteiger partial charge is 0.507 e. The molecule has 2 saturated carbocycles. The van der Waals surface area contributed by atoms with Gasteiger partial charge in [-0.15, -0.1) is 0 Å². The smallest absolute Gasteiger partial charge is 0.255 e. The molecule has 2 N–H and O–H groups in total. The zero-order chi connectivity index (χ0) is 14.3. The summed E-state index contributed by atoms with van der Waals surface area (Å²) >= 11 is 0. The molecule has 3 rings (SSSR count). The number of fused-ring (bicyclic) bond motifs is 2. The van der Waals surface area contributed by atoms with Crippen LogP contribution in [0.4, 0.5) is 0 Å². The van der Waals surface area contributed by atoms with E-state index in [1.807, 2.05) is 13.0 Å². The highest BCUT2D eigenvalue weighted by atomic mass is 16.3. The number of nitrogens with one attached hydrogen (secondary N) is 1. The van der Waals surface area contributed by atoms with Crippen LogP contribution in [-0.2, 0) is 0 Å². The van der Waals surface area contributed by atoms with Crippen molar-refractivity contribution in [3.63, 3.8) is 0 Å². The highest BCUT2D eigenvalue weighted by Crippen LogP contribution is 2.49. The zero-order valence-corrected chi connectivity index (χ0v) is 12.2.